The number of fused-ring (bicyclic) bond motifs is 3. The second kappa shape index (κ2) is 7.57. The van der Waals surface area contributed by atoms with E-state index >= 15 is 0 Å². The summed E-state index contributed by atoms with van der Waals surface area (Å²) in [6.07, 6.45) is 0. The van der Waals surface area contributed by atoms with E-state index in [1.807, 2.05) is 0 Å². The number of hydrogen-bond acceptors (Lipinski definition) is 8. The summed E-state index contributed by atoms with van der Waals surface area (Å²) in [6, 6.07) is 13.8. The molecule has 0 saturated heterocycles. The molecule has 0 aliphatic carbocycles. The third kappa shape index (κ3) is 3.16. The van der Waals surface area contributed by atoms with E-state index in [-0.39, 0.29) is 35.3 Å². The molecule has 178 valence electrons. The largest absolute Gasteiger partial charge is 0.497 e. The van der Waals surface area contributed by atoms with Gasteiger partial charge in [-0.2, -0.15) is 0 Å². The fourth-order valence-electron chi connectivity index (χ4n) is 4.32. The number of ether oxygens (including phenoxy) is 5. The summed E-state index contributed by atoms with van der Waals surface area (Å²) in [7, 11) is -2.89. The van der Waals surface area contributed by atoms with Crippen LogP contribution in [0, 0.1) is 0 Å². The van der Waals surface area contributed by atoms with Crippen LogP contribution in [0.3, 0.4) is 0 Å². The van der Waals surface area contributed by atoms with Gasteiger partial charge in [-0.25, -0.2) is 17.5 Å². The van der Waals surface area contributed by atoms with Crippen LogP contribution in [0.1, 0.15) is 11.1 Å². The number of carboxylic acid groups (broad SMARTS) is 1. The molecule has 0 spiro atoms. The van der Waals surface area contributed by atoms with Gasteiger partial charge in [-0.1, -0.05) is 6.07 Å². The zero-order valence-corrected chi connectivity index (χ0v) is 19.0. The van der Waals surface area contributed by atoms with Crippen molar-refractivity contribution in [3.63, 3.8) is 0 Å². The highest BCUT2D eigenvalue weighted by atomic mass is 32.2. The van der Waals surface area contributed by atoms with Crippen LogP contribution in [0.2, 0.25) is 0 Å². The number of methoxy groups -OCH3 is 1. The average molecular weight is 495 g/mol. The summed E-state index contributed by atoms with van der Waals surface area (Å²) in [5, 5.41) is 10.4. The van der Waals surface area contributed by atoms with Gasteiger partial charge in [0.2, 0.25) is 13.6 Å². The molecule has 0 fully saturated rings. The molecule has 3 aromatic rings. The fourth-order valence-corrected chi connectivity index (χ4v) is 6.00. The third-order valence-corrected chi connectivity index (χ3v) is 7.65. The molecule has 3 heterocycles. The predicted octanol–water partition coefficient (Wildman–Crippen LogP) is 3.21. The number of hydrogen-bond donors (Lipinski definition) is 1. The molecule has 0 aromatic heterocycles. The highest BCUT2D eigenvalue weighted by Crippen LogP contribution is 2.47. The Kier molecular flexibility index (Phi) is 4.58. The minimum Gasteiger partial charge on any atom is -0.497 e. The lowest BCUT2D eigenvalue weighted by Crippen LogP contribution is -2.38. The Bertz CT molecular complexity index is 1540. The van der Waals surface area contributed by atoms with Crippen molar-refractivity contribution in [1.82, 2.24) is 0 Å². The normalized spacial score (nSPS) is 16.8. The number of carboxylic acids is 1. The molecule has 10 nitrogen and oxygen atoms in total. The van der Waals surface area contributed by atoms with Crippen LogP contribution in [0.25, 0.3) is 5.57 Å². The number of aliphatic carboxylic acids is 1. The summed E-state index contributed by atoms with van der Waals surface area (Å²) in [5.74, 6) is 0.615. The van der Waals surface area contributed by atoms with Crippen molar-refractivity contribution in [3.05, 3.63) is 71.4 Å². The minimum absolute atomic E-state index is 0.0156. The Morgan fingerprint density at radius 3 is 2.23 bits per heavy atom. The molecular formula is C24H17NO9S. The van der Waals surface area contributed by atoms with Gasteiger partial charge in [0.1, 0.15) is 5.75 Å². The number of nitrogens with zero attached hydrogens (tertiary/aromatic N) is 1. The SMILES string of the molecule is COc1ccc2c(c1)C(c1ccc3c(c1)OCO3)=C(C(=O)O)N(c1ccc3c(c1)OCO3)S2(=O)=O. The molecule has 1 N–H and O–H groups in total. The number of benzene rings is 3. The molecule has 0 bridgehead atoms. The van der Waals surface area contributed by atoms with E-state index in [1.165, 1.54) is 43.5 Å². The first-order valence-corrected chi connectivity index (χ1v) is 11.8. The topological polar surface area (TPSA) is 121 Å². The smallest absolute Gasteiger partial charge is 0.354 e. The first-order valence-electron chi connectivity index (χ1n) is 10.4. The average Bonchev–Trinajstić information content (AvgIpc) is 3.51. The standard InChI is InChI=1S/C24H17NO9S/c1-30-15-4-7-21-16(10-15)22(13-2-5-17-19(8-13)33-11-31-17)23(24(26)27)25(35(21,28)29)14-3-6-18-20(9-14)34-12-32-18/h2-10H,11-12H2,1H3,(H,26,27). The molecule has 0 saturated carbocycles. The fraction of sp³-hybridized carbons (Fsp3) is 0.125. The van der Waals surface area contributed by atoms with Crippen molar-refractivity contribution in [3.8, 4) is 28.7 Å². The lowest BCUT2D eigenvalue weighted by molar-refractivity contribution is -0.132. The molecule has 6 rings (SSSR count). The quantitative estimate of drug-likeness (QED) is 0.582. The van der Waals surface area contributed by atoms with Gasteiger partial charge >= 0.3 is 5.97 Å². The first-order chi connectivity index (χ1) is 16.9. The Morgan fingerprint density at radius 2 is 1.54 bits per heavy atom. The summed E-state index contributed by atoms with van der Waals surface area (Å²) in [6.45, 7) is 0.0178. The monoisotopic (exact) mass is 495 g/mol. The second-order valence-electron chi connectivity index (χ2n) is 7.77. The maximum atomic E-state index is 13.9. The van der Waals surface area contributed by atoms with Crippen LogP contribution in [-0.4, -0.2) is 40.2 Å². The van der Waals surface area contributed by atoms with E-state index in [0.717, 1.165) is 4.31 Å². The van der Waals surface area contributed by atoms with Gasteiger partial charge in [0.15, 0.2) is 28.7 Å². The van der Waals surface area contributed by atoms with Crippen LogP contribution in [0.5, 0.6) is 28.7 Å². The maximum absolute atomic E-state index is 13.9. The predicted molar refractivity (Wildman–Crippen MR) is 121 cm³/mol. The van der Waals surface area contributed by atoms with Crippen LogP contribution in [-0.2, 0) is 14.8 Å². The van der Waals surface area contributed by atoms with Crippen LogP contribution in [0.4, 0.5) is 5.69 Å². The highest BCUT2D eigenvalue weighted by Gasteiger charge is 2.42. The van der Waals surface area contributed by atoms with Crippen molar-refractivity contribution < 1.29 is 42.0 Å². The molecule has 0 atom stereocenters. The lowest BCUT2D eigenvalue weighted by Gasteiger charge is -2.33. The van der Waals surface area contributed by atoms with Crippen molar-refractivity contribution in [2.75, 3.05) is 25.0 Å². The molecule has 35 heavy (non-hydrogen) atoms. The zero-order valence-electron chi connectivity index (χ0n) is 18.2. The third-order valence-electron chi connectivity index (χ3n) is 5.87. The Morgan fingerprint density at radius 1 is 0.886 bits per heavy atom. The molecule has 0 unspecified atom stereocenters. The van der Waals surface area contributed by atoms with Crippen molar-refractivity contribution in [2.45, 2.75) is 4.90 Å². The van der Waals surface area contributed by atoms with Gasteiger partial charge < -0.3 is 28.8 Å². The van der Waals surface area contributed by atoms with E-state index in [2.05, 4.69) is 0 Å². The van der Waals surface area contributed by atoms with Gasteiger partial charge in [-0.05, 0) is 48.0 Å². The van der Waals surface area contributed by atoms with Crippen molar-refractivity contribution >= 4 is 27.3 Å². The van der Waals surface area contributed by atoms with Gasteiger partial charge in [0.25, 0.3) is 10.0 Å². The van der Waals surface area contributed by atoms with Crippen molar-refractivity contribution in [1.29, 1.82) is 0 Å². The minimum atomic E-state index is -4.34. The molecule has 3 aromatic carbocycles. The Hall–Kier alpha value is -4.38. The molecular weight excluding hydrogens is 478 g/mol. The summed E-state index contributed by atoms with van der Waals surface area (Å²) in [5.41, 5.74) is 0.437. The van der Waals surface area contributed by atoms with Crippen LogP contribution in [0.15, 0.2) is 65.2 Å². The molecule has 3 aliphatic heterocycles. The lowest BCUT2D eigenvalue weighted by atomic mass is 9.94. The Balaban J connectivity index is 1.68. The van der Waals surface area contributed by atoms with E-state index in [9.17, 15) is 18.3 Å². The molecule has 3 aliphatic rings. The number of anilines is 1. The van der Waals surface area contributed by atoms with E-state index in [4.69, 9.17) is 23.7 Å². The van der Waals surface area contributed by atoms with E-state index in [0.29, 0.717) is 34.3 Å². The highest BCUT2D eigenvalue weighted by molar-refractivity contribution is 7.93. The second-order valence-corrected chi connectivity index (χ2v) is 9.52. The van der Waals surface area contributed by atoms with Crippen LogP contribution >= 0.6 is 0 Å². The van der Waals surface area contributed by atoms with Crippen LogP contribution < -0.4 is 28.0 Å². The number of carbonyl (C=O) groups is 1. The van der Waals surface area contributed by atoms with Crippen molar-refractivity contribution in [2.24, 2.45) is 0 Å². The maximum Gasteiger partial charge on any atom is 0.354 e. The first kappa shape index (κ1) is 21.2. The number of sulfonamides is 1. The van der Waals surface area contributed by atoms with E-state index < -0.39 is 21.7 Å². The van der Waals surface area contributed by atoms with E-state index in [1.54, 1.807) is 18.2 Å². The van der Waals surface area contributed by atoms with Gasteiger partial charge in [0, 0.05) is 17.2 Å². The summed E-state index contributed by atoms with van der Waals surface area (Å²) < 4.78 is 55.4. The van der Waals surface area contributed by atoms with Gasteiger partial charge in [-0.15, -0.1) is 0 Å². The molecule has 11 heteroatoms. The molecule has 0 amide bonds. The van der Waals surface area contributed by atoms with Gasteiger partial charge in [-0.3, -0.25) is 0 Å². The summed E-state index contributed by atoms with van der Waals surface area (Å²) in [4.78, 5) is 12.7. The van der Waals surface area contributed by atoms with Gasteiger partial charge in [0.05, 0.1) is 17.7 Å². The zero-order chi connectivity index (χ0) is 24.3. The molecule has 0 radical (unpaired) electrons. The Labute approximate surface area is 199 Å². The number of rotatable bonds is 4. The summed E-state index contributed by atoms with van der Waals surface area (Å²) >= 11 is 0.